The number of nitrogens with zero attached hydrogens (tertiary/aromatic N) is 1. The summed E-state index contributed by atoms with van der Waals surface area (Å²) in [5.74, 6) is -0.141. The van der Waals surface area contributed by atoms with Crippen molar-refractivity contribution in [1.82, 2.24) is 4.90 Å². The van der Waals surface area contributed by atoms with Crippen LogP contribution in [0.15, 0.2) is 47.4 Å². The largest absolute Gasteiger partial charge is 0.490 e. The highest BCUT2D eigenvalue weighted by Crippen LogP contribution is 2.36. The molecule has 0 aromatic heterocycles. The van der Waals surface area contributed by atoms with Crippen LogP contribution in [0.25, 0.3) is 6.08 Å². The van der Waals surface area contributed by atoms with Crippen LogP contribution < -0.4 is 9.47 Å². The van der Waals surface area contributed by atoms with Crippen molar-refractivity contribution in [2.24, 2.45) is 0 Å². The fraction of sp³-hybridized carbons (Fsp3) is 0.292. The zero-order valence-electron chi connectivity index (χ0n) is 18.5. The van der Waals surface area contributed by atoms with Crippen molar-refractivity contribution < 1.29 is 28.6 Å². The third-order valence-corrected chi connectivity index (χ3v) is 6.00. The van der Waals surface area contributed by atoms with Gasteiger partial charge in [0.25, 0.3) is 11.1 Å². The predicted molar refractivity (Wildman–Crippen MR) is 127 cm³/mol. The number of halogens is 1. The summed E-state index contributed by atoms with van der Waals surface area (Å²) in [5, 5.41) is 0.0939. The summed E-state index contributed by atoms with van der Waals surface area (Å²) in [6.45, 7) is 5.84. The van der Waals surface area contributed by atoms with Gasteiger partial charge in [-0.3, -0.25) is 14.5 Å². The van der Waals surface area contributed by atoms with Gasteiger partial charge in [-0.25, -0.2) is 4.79 Å². The zero-order chi connectivity index (χ0) is 24.0. The average Bonchev–Trinajstić information content (AvgIpc) is 3.06. The maximum Gasteiger partial charge on any atom is 0.329 e. The number of hydrogen-bond donors (Lipinski definition) is 0. The Morgan fingerprint density at radius 2 is 1.85 bits per heavy atom. The molecule has 2 aromatic rings. The molecule has 1 heterocycles. The number of rotatable bonds is 9. The summed E-state index contributed by atoms with van der Waals surface area (Å²) >= 11 is 6.97. The van der Waals surface area contributed by atoms with E-state index in [4.69, 9.17) is 25.8 Å². The van der Waals surface area contributed by atoms with Crippen LogP contribution in [0.1, 0.15) is 31.9 Å². The highest BCUT2D eigenvalue weighted by atomic mass is 35.5. The van der Waals surface area contributed by atoms with Crippen molar-refractivity contribution in [2.45, 2.75) is 33.4 Å². The molecule has 9 heteroatoms. The summed E-state index contributed by atoms with van der Waals surface area (Å²) < 4.78 is 16.5. The normalized spacial score (nSPS) is 15.6. The number of hydrogen-bond acceptors (Lipinski definition) is 7. The molecular formula is C24H24ClNO6S. The first kappa shape index (κ1) is 24.7. The fourth-order valence-electron chi connectivity index (χ4n) is 3.11. The van der Waals surface area contributed by atoms with Gasteiger partial charge in [-0.05, 0) is 62.4 Å². The molecule has 0 unspecified atom stereocenters. The van der Waals surface area contributed by atoms with E-state index in [1.807, 2.05) is 25.1 Å². The van der Waals surface area contributed by atoms with Crippen LogP contribution in [-0.4, -0.2) is 41.3 Å². The second-order valence-electron chi connectivity index (χ2n) is 7.00. The number of esters is 1. The van der Waals surface area contributed by atoms with Crippen LogP contribution >= 0.6 is 23.4 Å². The lowest BCUT2D eigenvalue weighted by molar-refractivity contribution is -0.150. The molecular weight excluding hydrogens is 466 g/mol. The lowest BCUT2D eigenvalue weighted by Crippen LogP contribution is -2.42. The Morgan fingerprint density at radius 3 is 2.55 bits per heavy atom. The molecule has 1 saturated heterocycles. The maximum atomic E-state index is 12.8. The molecule has 2 amide bonds. The molecule has 1 atom stereocenters. The van der Waals surface area contributed by atoms with Gasteiger partial charge in [0.1, 0.15) is 12.6 Å². The molecule has 0 spiro atoms. The van der Waals surface area contributed by atoms with E-state index in [2.05, 4.69) is 0 Å². The van der Waals surface area contributed by atoms with Crippen molar-refractivity contribution >= 4 is 46.6 Å². The van der Waals surface area contributed by atoms with Crippen LogP contribution in [0.2, 0.25) is 5.02 Å². The SMILES string of the molecule is CCOC(=O)[C@H](C)N1C(=O)S/C(=C/c2ccc(OCc3ccccc3Cl)c(OCC)c2)C1=O. The second-order valence-corrected chi connectivity index (χ2v) is 8.40. The smallest absolute Gasteiger partial charge is 0.329 e. The van der Waals surface area contributed by atoms with Gasteiger partial charge >= 0.3 is 5.97 Å². The Labute approximate surface area is 201 Å². The first-order valence-electron chi connectivity index (χ1n) is 10.4. The number of thioether (sulfide) groups is 1. The summed E-state index contributed by atoms with van der Waals surface area (Å²) in [6, 6.07) is 11.6. The highest BCUT2D eigenvalue weighted by Gasteiger charge is 2.41. The molecule has 7 nitrogen and oxygen atoms in total. The molecule has 1 aliphatic rings. The topological polar surface area (TPSA) is 82.1 Å². The van der Waals surface area contributed by atoms with E-state index in [1.165, 1.54) is 6.92 Å². The van der Waals surface area contributed by atoms with E-state index >= 15 is 0 Å². The van der Waals surface area contributed by atoms with E-state index in [9.17, 15) is 14.4 Å². The van der Waals surface area contributed by atoms with Gasteiger partial charge in [-0.2, -0.15) is 0 Å². The van der Waals surface area contributed by atoms with Crippen LogP contribution in [0.5, 0.6) is 11.5 Å². The minimum Gasteiger partial charge on any atom is -0.490 e. The highest BCUT2D eigenvalue weighted by molar-refractivity contribution is 8.18. The summed E-state index contributed by atoms with van der Waals surface area (Å²) in [7, 11) is 0. The molecule has 0 radical (unpaired) electrons. The number of carbonyl (C=O) groups excluding carboxylic acids is 3. The van der Waals surface area contributed by atoms with E-state index in [0.717, 1.165) is 22.2 Å². The molecule has 174 valence electrons. The first-order chi connectivity index (χ1) is 15.8. The number of imide groups is 1. The van der Waals surface area contributed by atoms with E-state index in [0.29, 0.717) is 28.7 Å². The Balaban J connectivity index is 1.80. The molecule has 0 bridgehead atoms. The van der Waals surface area contributed by atoms with Gasteiger partial charge in [-0.1, -0.05) is 35.9 Å². The molecule has 2 aromatic carbocycles. The Morgan fingerprint density at radius 1 is 1.09 bits per heavy atom. The lowest BCUT2D eigenvalue weighted by atomic mass is 10.1. The minimum atomic E-state index is -0.997. The van der Waals surface area contributed by atoms with Gasteiger partial charge < -0.3 is 14.2 Å². The monoisotopic (exact) mass is 489 g/mol. The summed E-state index contributed by atoms with van der Waals surface area (Å²) in [6.07, 6.45) is 1.59. The predicted octanol–water partition coefficient (Wildman–Crippen LogP) is 5.31. The molecule has 0 saturated carbocycles. The van der Waals surface area contributed by atoms with Crippen molar-refractivity contribution in [3.8, 4) is 11.5 Å². The van der Waals surface area contributed by atoms with E-state index in [-0.39, 0.29) is 18.1 Å². The van der Waals surface area contributed by atoms with Crippen LogP contribution in [0.3, 0.4) is 0 Å². The van der Waals surface area contributed by atoms with Gasteiger partial charge in [0.15, 0.2) is 11.5 Å². The quantitative estimate of drug-likeness (QED) is 0.349. The molecule has 1 fully saturated rings. The first-order valence-corrected chi connectivity index (χ1v) is 11.6. The van der Waals surface area contributed by atoms with Crippen LogP contribution in [-0.2, 0) is 20.9 Å². The van der Waals surface area contributed by atoms with Crippen LogP contribution in [0.4, 0.5) is 4.79 Å². The number of carbonyl (C=O) groups is 3. The Bertz CT molecular complexity index is 1090. The van der Waals surface area contributed by atoms with E-state index in [1.54, 1.807) is 37.3 Å². The summed E-state index contributed by atoms with van der Waals surface area (Å²) in [5.41, 5.74) is 1.49. The second kappa shape index (κ2) is 11.2. The number of ether oxygens (including phenoxy) is 3. The van der Waals surface area contributed by atoms with Crippen molar-refractivity contribution in [2.75, 3.05) is 13.2 Å². The van der Waals surface area contributed by atoms with Gasteiger partial charge in [0.2, 0.25) is 0 Å². The Hall–Kier alpha value is -2.97. The molecule has 1 aliphatic heterocycles. The third-order valence-electron chi connectivity index (χ3n) is 4.74. The van der Waals surface area contributed by atoms with Crippen molar-refractivity contribution in [1.29, 1.82) is 0 Å². The van der Waals surface area contributed by atoms with Crippen molar-refractivity contribution in [3.05, 3.63) is 63.5 Å². The third kappa shape index (κ3) is 5.89. The molecule has 0 aliphatic carbocycles. The van der Waals surface area contributed by atoms with Gasteiger partial charge in [0.05, 0.1) is 18.1 Å². The standard InChI is InChI=1S/C24H24ClNO6S/c1-4-30-20-12-16(10-11-19(20)32-14-17-8-6-7-9-18(17)25)13-21-22(27)26(24(29)33-21)15(3)23(28)31-5-2/h6-13,15H,4-5,14H2,1-3H3/b21-13+/t15-/m0/s1. The maximum absolute atomic E-state index is 12.8. The van der Waals surface area contributed by atoms with Gasteiger partial charge in [0, 0.05) is 10.6 Å². The zero-order valence-corrected chi connectivity index (χ0v) is 20.1. The van der Waals surface area contributed by atoms with Crippen LogP contribution in [0, 0.1) is 0 Å². The molecule has 3 rings (SSSR count). The average molecular weight is 490 g/mol. The lowest BCUT2D eigenvalue weighted by Gasteiger charge is -2.19. The van der Waals surface area contributed by atoms with Gasteiger partial charge in [-0.15, -0.1) is 0 Å². The molecule has 0 N–H and O–H groups in total. The number of amides is 2. The fourth-order valence-corrected chi connectivity index (χ4v) is 4.20. The molecule has 33 heavy (non-hydrogen) atoms. The van der Waals surface area contributed by atoms with Crippen molar-refractivity contribution in [3.63, 3.8) is 0 Å². The van der Waals surface area contributed by atoms with E-state index < -0.39 is 23.2 Å². The Kier molecular flexibility index (Phi) is 8.41. The summed E-state index contributed by atoms with van der Waals surface area (Å²) in [4.78, 5) is 38.3. The number of benzene rings is 2. The minimum absolute atomic E-state index is 0.167.